The molecular weight excluding hydrogens is 248 g/mol. The molecule has 1 aromatic heterocycles. The third-order valence-electron chi connectivity index (χ3n) is 4.79. The van der Waals surface area contributed by atoms with E-state index in [0.717, 1.165) is 24.6 Å². The lowest BCUT2D eigenvalue weighted by Crippen LogP contribution is -2.55. The molecule has 1 unspecified atom stereocenters. The quantitative estimate of drug-likeness (QED) is 0.894. The van der Waals surface area contributed by atoms with Gasteiger partial charge in [-0.2, -0.15) is 0 Å². The molecule has 2 fully saturated rings. The Morgan fingerprint density at radius 3 is 2.90 bits per heavy atom. The van der Waals surface area contributed by atoms with Crippen molar-refractivity contribution < 1.29 is 0 Å². The van der Waals surface area contributed by atoms with Crippen molar-refractivity contribution in [3.05, 3.63) is 22.9 Å². The number of anilines is 1. The first-order chi connectivity index (χ1) is 9.69. The summed E-state index contributed by atoms with van der Waals surface area (Å²) in [6.45, 7) is 9.46. The second-order valence-electron chi connectivity index (χ2n) is 6.22. The lowest BCUT2D eigenvalue weighted by molar-refractivity contribution is 0.133. The maximum atomic E-state index is 5.96. The topological polar surface area (TPSA) is 45.4 Å². The van der Waals surface area contributed by atoms with Gasteiger partial charge in [-0.1, -0.05) is 6.42 Å². The zero-order valence-corrected chi connectivity index (χ0v) is 12.7. The number of pyridine rings is 1. The van der Waals surface area contributed by atoms with E-state index in [4.69, 9.17) is 10.7 Å². The second kappa shape index (κ2) is 5.70. The SMILES string of the molecule is Cc1cc(C)c(CN)c(N2CCN3CCCCC3C2)n1. The minimum absolute atomic E-state index is 0.583. The largest absolute Gasteiger partial charge is 0.353 e. The van der Waals surface area contributed by atoms with Gasteiger partial charge in [0.25, 0.3) is 0 Å². The van der Waals surface area contributed by atoms with Crippen molar-refractivity contribution in [3.8, 4) is 0 Å². The molecular formula is C16H26N4. The van der Waals surface area contributed by atoms with Gasteiger partial charge in [0.1, 0.15) is 5.82 Å². The molecule has 2 aliphatic rings. The van der Waals surface area contributed by atoms with Gasteiger partial charge in [0, 0.05) is 43.5 Å². The molecule has 4 heteroatoms. The number of hydrogen-bond acceptors (Lipinski definition) is 4. The Kier molecular flexibility index (Phi) is 3.94. The van der Waals surface area contributed by atoms with Crippen LogP contribution in [0.2, 0.25) is 0 Å². The number of hydrogen-bond donors (Lipinski definition) is 1. The maximum Gasteiger partial charge on any atom is 0.133 e. The van der Waals surface area contributed by atoms with Gasteiger partial charge in [-0.25, -0.2) is 4.98 Å². The lowest BCUT2D eigenvalue weighted by Gasteiger charge is -2.45. The summed E-state index contributed by atoms with van der Waals surface area (Å²) in [7, 11) is 0. The molecule has 2 saturated heterocycles. The van der Waals surface area contributed by atoms with Crippen molar-refractivity contribution in [1.82, 2.24) is 9.88 Å². The van der Waals surface area contributed by atoms with Crippen molar-refractivity contribution in [1.29, 1.82) is 0 Å². The number of nitrogens with zero attached hydrogens (tertiary/aromatic N) is 3. The summed E-state index contributed by atoms with van der Waals surface area (Å²) in [5, 5.41) is 0. The van der Waals surface area contributed by atoms with Gasteiger partial charge >= 0.3 is 0 Å². The Hall–Kier alpha value is -1.13. The van der Waals surface area contributed by atoms with Crippen LogP contribution in [0.25, 0.3) is 0 Å². The number of rotatable bonds is 2. The van der Waals surface area contributed by atoms with Crippen LogP contribution in [-0.4, -0.2) is 42.1 Å². The smallest absolute Gasteiger partial charge is 0.133 e. The molecule has 2 aliphatic heterocycles. The summed E-state index contributed by atoms with van der Waals surface area (Å²) >= 11 is 0. The number of aryl methyl sites for hydroxylation is 2. The van der Waals surface area contributed by atoms with Gasteiger partial charge in [-0.15, -0.1) is 0 Å². The van der Waals surface area contributed by atoms with Gasteiger partial charge in [0.05, 0.1) is 0 Å². The monoisotopic (exact) mass is 274 g/mol. The van der Waals surface area contributed by atoms with Gasteiger partial charge in [0.2, 0.25) is 0 Å². The highest BCUT2D eigenvalue weighted by Crippen LogP contribution is 2.27. The van der Waals surface area contributed by atoms with Crippen LogP contribution in [0.3, 0.4) is 0 Å². The number of aromatic nitrogens is 1. The molecule has 0 aromatic carbocycles. The highest BCUT2D eigenvalue weighted by Gasteiger charge is 2.30. The first-order valence-electron chi connectivity index (χ1n) is 7.85. The van der Waals surface area contributed by atoms with Gasteiger partial charge in [0.15, 0.2) is 0 Å². The van der Waals surface area contributed by atoms with E-state index in [0.29, 0.717) is 12.6 Å². The fraction of sp³-hybridized carbons (Fsp3) is 0.688. The maximum absolute atomic E-state index is 5.96. The number of nitrogens with two attached hydrogens (primary N) is 1. The van der Waals surface area contributed by atoms with E-state index < -0.39 is 0 Å². The molecule has 0 aliphatic carbocycles. The Morgan fingerprint density at radius 1 is 1.25 bits per heavy atom. The molecule has 20 heavy (non-hydrogen) atoms. The molecule has 0 bridgehead atoms. The van der Waals surface area contributed by atoms with Crippen molar-refractivity contribution in [2.75, 3.05) is 31.1 Å². The Morgan fingerprint density at radius 2 is 2.10 bits per heavy atom. The summed E-state index contributed by atoms with van der Waals surface area (Å²) in [4.78, 5) is 9.92. The number of piperazine rings is 1. The highest BCUT2D eigenvalue weighted by atomic mass is 15.3. The van der Waals surface area contributed by atoms with Crippen LogP contribution in [0.15, 0.2) is 6.07 Å². The fourth-order valence-electron chi connectivity index (χ4n) is 3.71. The van der Waals surface area contributed by atoms with Crippen LogP contribution in [0.1, 0.15) is 36.1 Å². The predicted molar refractivity (Wildman–Crippen MR) is 83.0 cm³/mol. The molecule has 2 N–H and O–H groups in total. The van der Waals surface area contributed by atoms with E-state index in [1.165, 1.54) is 43.5 Å². The van der Waals surface area contributed by atoms with Crippen molar-refractivity contribution in [2.45, 2.75) is 45.7 Å². The van der Waals surface area contributed by atoms with E-state index >= 15 is 0 Å². The van der Waals surface area contributed by atoms with Crippen LogP contribution in [0, 0.1) is 13.8 Å². The van der Waals surface area contributed by atoms with E-state index in [2.05, 4.69) is 29.7 Å². The molecule has 0 amide bonds. The summed E-state index contributed by atoms with van der Waals surface area (Å²) in [5.74, 6) is 1.13. The third-order valence-corrected chi connectivity index (χ3v) is 4.79. The minimum atomic E-state index is 0.583. The Labute approximate surface area is 122 Å². The first-order valence-corrected chi connectivity index (χ1v) is 7.85. The molecule has 3 heterocycles. The normalized spacial score (nSPS) is 23.8. The van der Waals surface area contributed by atoms with Gasteiger partial charge in [-0.3, -0.25) is 4.90 Å². The van der Waals surface area contributed by atoms with Gasteiger partial charge < -0.3 is 10.6 Å². The summed E-state index contributed by atoms with van der Waals surface area (Å²) in [6, 6.07) is 2.86. The zero-order chi connectivity index (χ0) is 14.1. The average molecular weight is 274 g/mol. The van der Waals surface area contributed by atoms with Crippen LogP contribution in [0.4, 0.5) is 5.82 Å². The molecule has 4 nitrogen and oxygen atoms in total. The predicted octanol–water partition coefficient (Wildman–Crippen LogP) is 1.83. The molecule has 0 spiro atoms. The van der Waals surface area contributed by atoms with E-state index in [-0.39, 0.29) is 0 Å². The van der Waals surface area contributed by atoms with Gasteiger partial charge in [-0.05, 0) is 44.9 Å². The highest BCUT2D eigenvalue weighted by molar-refractivity contribution is 5.52. The fourth-order valence-corrected chi connectivity index (χ4v) is 3.71. The van der Waals surface area contributed by atoms with E-state index in [9.17, 15) is 0 Å². The summed E-state index contributed by atoms with van der Waals surface area (Å²) in [5.41, 5.74) is 9.56. The lowest BCUT2D eigenvalue weighted by atomic mass is 9.99. The minimum Gasteiger partial charge on any atom is -0.353 e. The van der Waals surface area contributed by atoms with E-state index in [1.807, 2.05) is 0 Å². The van der Waals surface area contributed by atoms with Crippen molar-refractivity contribution >= 4 is 5.82 Å². The Bertz CT molecular complexity index is 486. The molecule has 1 atom stereocenters. The van der Waals surface area contributed by atoms with Crippen molar-refractivity contribution in [2.24, 2.45) is 5.73 Å². The van der Waals surface area contributed by atoms with Crippen molar-refractivity contribution in [3.63, 3.8) is 0 Å². The Balaban J connectivity index is 1.86. The van der Waals surface area contributed by atoms with Crippen LogP contribution in [-0.2, 0) is 6.54 Å². The third kappa shape index (κ3) is 2.54. The molecule has 1 aromatic rings. The molecule has 0 radical (unpaired) electrons. The number of piperidine rings is 1. The van der Waals surface area contributed by atoms with Crippen LogP contribution in [0.5, 0.6) is 0 Å². The summed E-state index contributed by atoms with van der Waals surface area (Å²) < 4.78 is 0. The molecule has 3 rings (SSSR count). The number of fused-ring (bicyclic) bond motifs is 1. The summed E-state index contributed by atoms with van der Waals surface area (Å²) in [6.07, 6.45) is 4.07. The van der Waals surface area contributed by atoms with Crippen LogP contribution < -0.4 is 10.6 Å². The standard InChI is InChI=1S/C16H26N4/c1-12-9-13(2)18-16(15(12)10-17)20-8-7-19-6-4-3-5-14(19)11-20/h9,14H,3-8,10-11,17H2,1-2H3. The average Bonchev–Trinajstić information content (AvgIpc) is 2.46. The second-order valence-corrected chi connectivity index (χ2v) is 6.22. The molecule has 110 valence electrons. The molecule has 0 saturated carbocycles. The zero-order valence-electron chi connectivity index (χ0n) is 12.7. The van der Waals surface area contributed by atoms with E-state index in [1.54, 1.807) is 0 Å². The first kappa shape index (κ1) is 13.8. The van der Waals surface area contributed by atoms with Crippen LogP contribution >= 0.6 is 0 Å².